The van der Waals surface area contributed by atoms with E-state index in [-0.39, 0.29) is 0 Å². The Morgan fingerprint density at radius 1 is 1.56 bits per heavy atom. The largest absolute Gasteiger partial charge is 0.480 e. The summed E-state index contributed by atoms with van der Waals surface area (Å²) in [5, 5.41) is 8.66. The SMILES string of the molecule is NC(CCc1ccc2[nH]cnc2c1)C(=O)O. The topological polar surface area (TPSA) is 92.0 Å². The number of carboxylic acid groups (broad SMARTS) is 1. The summed E-state index contributed by atoms with van der Waals surface area (Å²) >= 11 is 0. The quantitative estimate of drug-likeness (QED) is 0.712. The van der Waals surface area contributed by atoms with Crippen molar-refractivity contribution in [2.45, 2.75) is 18.9 Å². The van der Waals surface area contributed by atoms with Crippen LogP contribution in [0.4, 0.5) is 0 Å². The number of H-pyrrole nitrogens is 1. The Morgan fingerprint density at radius 3 is 3.12 bits per heavy atom. The highest BCUT2D eigenvalue weighted by molar-refractivity contribution is 5.75. The highest BCUT2D eigenvalue weighted by Crippen LogP contribution is 2.13. The van der Waals surface area contributed by atoms with Crippen molar-refractivity contribution in [3.63, 3.8) is 0 Å². The van der Waals surface area contributed by atoms with Gasteiger partial charge >= 0.3 is 5.97 Å². The molecule has 4 N–H and O–H groups in total. The Labute approximate surface area is 92.3 Å². The van der Waals surface area contributed by atoms with E-state index in [1.165, 1.54) is 0 Å². The number of fused-ring (bicyclic) bond motifs is 1. The van der Waals surface area contributed by atoms with Crippen molar-refractivity contribution in [3.8, 4) is 0 Å². The number of aromatic nitrogens is 2. The summed E-state index contributed by atoms with van der Waals surface area (Å²) in [7, 11) is 0. The Balaban J connectivity index is 2.06. The number of carboxylic acids is 1. The van der Waals surface area contributed by atoms with Gasteiger partial charge in [0.25, 0.3) is 0 Å². The van der Waals surface area contributed by atoms with Gasteiger partial charge in [0.05, 0.1) is 17.4 Å². The number of hydrogen-bond donors (Lipinski definition) is 3. The van der Waals surface area contributed by atoms with E-state index in [1.807, 2.05) is 18.2 Å². The second-order valence-corrected chi connectivity index (χ2v) is 3.74. The van der Waals surface area contributed by atoms with Crippen molar-refractivity contribution in [2.75, 3.05) is 0 Å². The predicted molar refractivity (Wildman–Crippen MR) is 60.0 cm³/mol. The second-order valence-electron chi connectivity index (χ2n) is 3.74. The summed E-state index contributed by atoms with van der Waals surface area (Å²) in [6.45, 7) is 0. The van der Waals surface area contributed by atoms with Crippen molar-refractivity contribution in [1.29, 1.82) is 0 Å². The molecule has 0 saturated carbocycles. The summed E-state index contributed by atoms with van der Waals surface area (Å²) in [5.74, 6) is -0.958. The molecule has 5 nitrogen and oxygen atoms in total. The minimum atomic E-state index is -0.958. The maximum atomic E-state index is 10.5. The number of nitrogens with two attached hydrogens (primary N) is 1. The number of aliphatic carboxylic acids is 1. The van der Waals surface area contributed by atoms with E-state index in [0.29, 0.717) is 12.8 Å². The zero-order valence-electron chi connectivity index (χ0n) is 8.68. The van der Waals surface area contributed by atoms with Crippen molar-refractivity contribution < 1.29 is 9.90 Å². The average molecular weight is 219 g/mol. The molecule has 0 aliphatic carbocycles. The highest BCUT2D eigenvalue weighted by Gasteiger charge is 2.11. The normalized spacial score (nSPS) is 12.8. The molecule has 0 amide bonds. The minimum Gasteiger partial charge on any atom is -0.480 e. The lowest BCUT2D eigenvalue weighted by Gasteiger charge is -2.05. The third-order valence-electron chi connectivity index (χ3n) is 2.55. The van der Waals surface area contributed by atoms with Crippen LogP contribution in [0.1, 0.15) is 12.0 Å². The number of nitrogens with one attached hydrogen (secondary N) is 1. The van der Waals surface area contributed by atoms with Gasteiger partial charge in [0.1, 0.15) is 6.04 Å². The molecule has 1 aromatic heterocycles. The van der Waals surface area contributed by atoms with Gasteiger partial charge in [-0.25, -0.2) is 4.98 Å². The van der Waals surface area contributed by atoms with Crippen molar-refractivity contribution in [3.05, 3.63) is 30.1 Å². The van der Waals surface area contributed by atoms with Gasteiger partial charge in [0, 0.05) is 0 Å². The Hall–Kier alpha value is -1.88. The molecular weight excluding hydrogens is 206 g/mol. The molecule has 16 heavy (non-hydrogen) atoms. The van der Waals surface area contributed by atoms with Crippen LogP contribution in [-0.4, -0.2) is 27.1 Å². The fraction of sp³-hybridized carbons (Fsp3) is 0.273. The van der Waals surface area contributed by atoms with Crippen LogP contribution in [0.3, 0.4) is 0 Å². The minimum absolute atomic E-state index is 0.436. The number of nitrogens with zero attached hydrogens (tertiary/aromatic N) is 1. The molecule has 0 radical (unpaired) electrons. The molecule has 1 atom stereocenters. The molecule has 84 valence electrons. The Kier molecular flexibility index (Phi) is 2.87. The fourth-order valence-corrected chi connectivity index (χ4v) is 1.58. The van der Waals surface area contributed by atoms with E-state index in [4.69, 9.17) is 10.8 Å². The number of aryl methyl sites for hydroxylation is 1. The van der Waals surface area contributed by atoms with Crippen LogP contribution in [-0.2, 0) is 11.2 Å². The zero-order valence-corrected chi connectivity index (χ0v) is 8.68. The van der Waals surface area contributed by atoms with Gasteiger partial charge in [-0.05, 0) is 30.5 Å². The second kappa shape index (κ2) is 4.32. The van der Waals surface area contributed by atoms with Gasteiger partial charge in [-0.1, -0.05) is 6.07 Å². The monoisotopic (exact) mass is 219 g/mol. The van der Waals surface area contributed by atoms with Crippen LogP contribution >= 0.6 is 0 Å². The van der Waals surface area contributed by atoms with Crippen LogP contribution in [0, 0.1) is 0 Å². The van der Waals surface area contributed by atoms with Gasteiger partial charge in [-0.3, -0.25) is 4.79 Å². The molecule has 1 unspecified atom stereocenters. The lowest BCUT2D eigenvalue weighted by Crippen LogP contribution is -2.30. The van der Waals surface area contributed by atoms with Crippen LogP contribution in [0.15, 0.2) is 24.5 Å². The maximum absolute atomic E-state index is 10.5. The number of benzene rings is 1. The zero-order chi connectivity index (χ0) is 11.5. The first-order valence-electron chi connectivity index (χ1n) is 5.07. The van der Waals surface area contributed by atoms with Crippen LogP contribution in [0.2, 0.25) is 0 Å². The Bertz CT molecular complexity index is 507. The lowest BCUT2D eigenvalue weighted by atomic mass is 10.1. The van der Waals surface area contributed by atoms with Gasteiger partial charge in [0.2, 0.25) is 0 Å². The average Bonchev–Trinajstić information content (AvgIpc) is 2.72. The molecule has 2 rings (SSSR count). The molecule has 5 heteroatoms. The predicted octanol–water partition coefficient (Wildman–Crippen LogP) is 0.907. The van der Waals surface area contributed by atoms with E-state index < -0.39 is 12.0 Å². The van der Waals surface area contributed by atoms with Crippen LogP contribution in [0.25, 0.3) is 11.0 Å². The van der Waals surface area contributed by atoms with E-state index >= 15 is 0 Å². The summed E-state index contributed by atoms with van der Waals surface area (Å²) in [4.78, 5) is 17.7. The fourth-order valence-electron chi connectivity index (χ4n) is 1.58. The van der Waals surface area contributed by atoms with Gasteiger partial charge in [-0.2, -0.15) is 0 Å². The summed E-state index contributed by atoms with van der Waals surface area (Å²) in [6.07, 6.45) is 2.72. The standard InChI is InChI=1S/C11H13N3O2/c12-8(11(15)16)3-1-7-2-4-9-10(5-7)14-6-13-9/h2,4-6,8H,1,3,12H2,(H,13,14)(H,15,16). The number of hydrogen-bond acceptors (Lipinski definition) is 3. The molecule has 0 saturated heterocycles. The van der Waals surface area contributed by atoms with Crippen molar-refractivity contribution >= 4 is 17.0 Å². The van der Waals surface area contributed by atoms with Crippen LogP contribution < -0.4 is 5.73 Å². The molecule has 0 aliphatic rings. The van der Waals surface area contributed by atoms with E-state index in [2.05, 4.69) is 9.97 Å². The smallest absolute Gasteiger partial charge is 0.320 e. The van der Waals surface area contributed by atoms with E-state index in [0.717, 1.165) is 16.6 Å². The first-order chi connectivity index (χ1) is 7.66. The Morgan fingerprint density at radius 2 is 2.38 bits per heavy atom. The van der Waals surface area contributed by atoms with Crippen LogP contribution in [0.5, 0.6) is 0 Å². The summed E-state index contributed by atoms with van der Waals surface area (Å²) in [5.41, 5.74) is 8.36. The number of carbonyl (C=O) groups is 1. The van der Waals surface area contributed by atoms with Crippen molar-refractivity contribution in [2.24, 2.45) is 5.73 Å². The molecular formula is C11H13N3O2. The number of imidazole rings is 1. The first-order valence-corrected chi connectivity index (χ1v) is 5.07. The highest BCUT2D eigenvalue weighted by atomic mass is 16.4. The van der Waals surface area contributed by atoms with Gasteiger partial charge in [-0.15, -0.1) is 0 Å². The maximum Gasteiger partial charge on any atom is 0.320 e. The van der Waals surface area contributed by atoms with Crippen molar-refractivity contribution in [1.82, 2.24) is 9.97 Å². The van der Waals surface area contributed by atoms with Gasteiger partial charge in [0.15, 0.2) is 0 Å². The lowest BCUT2D eigenvalue weighted by molar-refractivity contribution is -0.138. The third kappa shape index (κ3) is 2.20. The third-order valence-corrected chi connectivity index (χ3v) is 2.55. The number of aromatic amines is 1. The number of rotatable bonds is 4. The molecule has 0 spiro atoms. The molecule has 0 aliphatic heterocycles. The summed E-state index contributed by atoms with van der Waals surface area (Å²) in [6, 6.07) is 5.04. The summed E-state index contributed by atoms with van der Waals surface area (Å²) < 4.78 is 0. The molecule has 1 heterocycles. The molecule has 0 bridgehead atoms. The van der Waals surface area contributed by atoms with E-state index in [9.17, 15) is 4.79 Å². The van der Waals surface area contributed by atoms with E-state index in [1.54, 1.807) is 6.33 Å². The first kappa shape index (κ1) is 10.6. The molecule has 0 fully saturated rings. The molecule has 1 aromatic carbocycles. The van der Waals surface area contributed by atoms with Gasteiger partial charge < -0.3 is 15.8 Å². The molecule has 2 aromatic rings.